The number of hydrogen-bond acceptors (Lipinski definition) is 5. The Morgan fingerprint density at radius 1 is 0.933 bits per heavy atom. The van der Waals surface area contributed by atoms with Crippen LogP contribution in [0.15, 0.2) is 88.7 Å². The maximum atomic E-state index is 12.9. The van der Waals surface area contributed by atoms with Gasteiger partial charge in [0.15, 0.2) is 9.84 Å². The molecule has 1 atom stereocenters. The van der Waals surface area contributed by atoms with Crippen molar-refractivity contribution >= 4 is 39.1 Å². The molecule has 0 heterocycles. The second kappa shape index (κ2) is 10.1. The smallest absolute Gasteiger partial charge is 0.248 e. The predicted molar refractivity (Wildman–Crippen MR) is 120 cm³/mol. The Hall–Kier alpha value is -2.32. The minimum Gasteiger partial charge on any atom is -0.289 e. The third-order valence-corrected chi connectivity index (χ3v) is 7.75. The monoisotopic (exact) mass is 461 g/mol. The molecule has 1 amide bonds. The van der Waals surface area contributed by atoms with E-state index in [1.54, 1.807) is 29.7 Å². The topological polar surface area (TPSA) is 83.5 Å². The minimum absolute atomic E-state index is 0.126. The average Bonchev–Trinajstić information content (AvgIpc) is 2.77. The molecule has 156 valence electrons. The maximum Gasteiger partial charge on any atom is 0.248 e. The van der Waals surface area contributed by atoms with Crippen molar-refractivity contribution in [2.75, 3.05) is 11.5 Å². The quantitative estimate of drug-likeness (QED) is 0.289. The maximum absolute atomic E-state index is 12.9. The van der Waals surface area contributed by atoms with E-state index in [1.165, 1.54) is 23.9 Å². The first-order valence-electron chi connectivity index (χ1n) is 9.09. The molecule has 1 unspecified atom stereocenters. The van der Waals surface area contributed by atoms with E-state index in [0.717, 1.165) is 16.0 Å². The summed E-state index contributed by atoms with van der Waals surface area (Å²) >= 11 is 7.27. The zero-order valence-electron chi connectivity index (χ0n) is 15.9. The third-order valence-electron chi connectivity index (χ3n) is 4.49. The fourth-order valence-electron chi connectivity index (χ4n) is 2.86. The molecule has 3 aromatic carbocycles. The molecule has 0 aliphatic rings. The van der Waals surface area contributed by atoms with Crippen LogP contribution >= 0.6 is 23.4 Å². The molecule has 2 N–H and O–H groups in total. The molecule has 0 aliphatic heterocycles. The van der Waals surface area contributed by atoms with Crippen LogP contribution in [0.25, 0.3) is 11.1 Å². The number of nitrogens with one attached hydrogen (secondary N) is 1. The van der Waals surface area contributed by atoms with Crippen LogP contribution in [0.4, 0.5) is 0 Å². The first-order valence-corrected chi connectivity index (χ1v) is 12.1. The number of rotatable bonds is 8. The van der Waals surface area contributed by atoms with Gasteiger partial charge in [-0.15, -0.1) is 11.8 Å². The highest BCUT2D eigenvalue weighted by Gasteiger charge is 2.27. The number of carbonyl (C=O) groups is 1. The van der Waals surface area contributed by atoms with E-state index in [4.69, 9.17) is 16.8 Å². The fraction of sp³-hybridized carbons (Fsp3) is 0.136. The van der Waals surface area contributed by atoms with Crippen molar-refractivity contribution in [1.82, 2.24) is 5.48 Å². The van der Waals surface area contributed by atoms with Gasteiger partial charge in [0.1, 0.15) is 0 Å². The average molecular weight is 462 g/mol. The second-order valence-corrected chi connectivity index (χ2v) is 10.2. The Morgan fingerprint density at radius 3 is 2.07 bits per heavy atom. The number of hydrogen-bond donors (Lipinski definition) is 2. The van der Waals surface area contributed by atoms with Gasteiger partial charge in [0.25, 0.3) is 0 Å². The molecular weight excluding hydrogens is 442 g/mol. The van der Waals surface area contributed by atoms with Gasteiger partial charge in [-0.3, -0.25) is 10.0 Å². The van der Waals surface area contributed by atoms with E-state index in [2.05, 4.69) is 0 Å². The number of thioether (sulfide) groups is 1. The lowest BCUT2D eigenvalue weighted by Gasteiger charge is -2.15. The number of halogens is 1. The van der Waals surface area contributed by atoms with Crippen molar-refractivity contribution in [2.24, 2.45) is 5.92 Å². The Morgan fingerprint density at radius 2 is 1.50 bits per heavy atom. The highest BCUT2D eigenvalue weighted by molar-refractivity contribution is 7.99. The summed E-state index contributed by atoms with van der Waals surface area (Å²) < 4.78 is 25.8. The van der Waals surface area contributed by atoms with Gasteiger partial charge in [0, 0.05) is 15.7 Å². The highest BCUT2D eigenvalue weighted by Crippen LogP contribution is 2.26. The lowest BCUT2D eigenvalue weighted by atomic mass is 10.1. The fourth-order valence-corrected chi connectivity index (χ4v) is 5.69. The van der Waals surface area contributed by atoms with Crippen molar-refractivity contribution in [3.8, 4) is 11.1 Å². The number of sulfone groups is 1. The summed E-state index contributed by atoms with van der Waals surface area (Å²) in [7, 11) is -3.73. The zero-order valence-corrected chi connectivity index (χ0v) is 18.3. The molecule has 5 nitrogen and oxygen atoms in total. The van der Waals surface area contributed by atoms with E-state index in [0.29, 0.717) is 5.02 Å². The van der Waals surface area contributed by atoms with E-state index in [-0.39, 0.29) is 10.6 Å². The molecule has 30 heavy (non-hydrogen) atoms. The van der Waals surface area contributed by atoms with Crippen LogP contribution in [0.2, 0.25) is 5.02 Å². The molecule has 0 aliphatic carbocycles. The summed E-state index contributed by atoms with van der Waals surface area (Å²) in [6.45, 7) is 0. The molecule has 0 spiro atoms. The first-order chi connectivity index (χ1) is 14.4. The lowest BCUT2D eigenvalue weighted by molar-refractivity contribution is -0.132. The van der Waals surface area contributed by atoms with E-state index in [1.807, 2.05) is 42.5 Å². The number of benzene rings is 3. The summed E-state index contributed by atoms with van der Waals surface area (Å²) in [4.78, 5) is 13.1. The van der Waals surface area contributed by atoms with Crippen LogP contribution in [0.1, 0.15) is 0 Å². The van der Waals surface area contributed by atoms with Crippen molar-refractivity contribution in [3.05, 3.63) is 83.9 Å². The molecule has 0 saturated heterocycles. The number of hydroxylamine groups is 1. The minimum atomic E-state index is -3.73. The SMILES string of the molecule is O=C(NO)C(CSc1ccccc1)CS(=O)(=O)c1ccc(-c2ccc(Cl)cc2)cc1. The van der Waals surface area contributed by atoms with Crippen molar-refractivity contribution in [1.29, 1.82) is 0 Å². The predicted octanol–water partition coefficient (Wildman–Crippen LogP) is 4.69. The molecule has 8 heteroatoms. The summed E-state index contributed by atoms with van der Waals surface area (Å²) in [6, 6.07) is 23.1. The van der Waals surface area contributed by atoms with Gasteiger partial charge in [-0.1, -0.05) is 54.1 Å². The summed E-state index contributed by atoms with van der Waals surface area (Å²) in [5.41, 5.74) is 3.36. The van der Waals surface area contributed by atoms with Crippen LogP contribution in [-0.2, 0) is 14.6 Å². The molecule has 0 bridgehead atoms. The van der Waals surface area contributed by atoms with Gasteiger partial charge in [-0.2, -0.15) is 0 Å². The standard InChI is InChI=1S/C22H20ClNO4S2/c23-19-10-6-16(7-11-19)17-8-12-21(13-9-17)30(27,28)15-18(22(25)24-26)14-29-20-4-2-1-3-5-20/h1-13,18,26H,14-15H2,(H,24,25). The third kappa shape index (κ3) is 5.86. The van der Waals surface area contributed by atoms with E-state index >= 15 is 0 Å². The van der Waals surface area contributed by atoms with Crippen LogP contribution in [0.3, 0.4) is 0 Å². The Bertz CT molecular complexity index is 1090. The molecule has 0 fully saturated rings. The second-order valence-electron chi connectivity index (χ2n) is 6.61. The Labute approximate surface area is 185 Å². The van der Waals surface area contributed by atoms with Gasteiger partial charge >= 0.3 is 0 Å². The Kier molecular flexibility index (Phi) is 7.55. The molecular formula is C22H20ClNO4S2. The lowest BCUT2D eigenvalue weighted by Crippen LogP contribution is -2.34. The van der Waals surface area contributed by atoms with Gasteiger partial charge in [-0.25, -0.2) is 13.9 Å². The first kappa shape index (κ1) is 22.4. The van der Waals surface area contributed by atoms with Crippen LogP contribution in [0, 0.1) is 5.92 Å². The zero-order chi connectivity index (χ0) is 21.6. The molecule has 0 radical (unpaired) electrons. The van der Waals surface area contributed by atoms with E-state index in [9.17, 15) is 13.2 Å². The van der Waals surface area contributed by atoms with E-state index < -0.39 is 27.4 Å². The molecule has 0 aromatic heterocycles. The summed E-state index contributed by atoms with van der Waals surface area (Å²) in [5, 5.41) is 9.66. The molecule has 3 aromatic rings. The molecule has 0 saturated carbocycles. The highest BCUT2D eigenvalue weighted by atomic mass is 35.5. The summed E-state index contributed by atoms with van der Waals surface area (Å²) in [6.07, 6.45) is 0. The largest absolute Gasteiger partial charge is 0.289 e. The summed E-state index contributed by atoms with van der Waals surface area (Å²) in [5.74, 6) is -1.81. The van der Waals surface area contributed by atoms with Crippen molar-refractivity contribution in [2.45, 2.75) is 9.79 Å². The van der Waals surface area contributed by atoms with Crippen LogP contribution in [-0.4, -0.2) is 31.0 Å². The Balaban J connectivity index is 1.74. The van der Waals surface area contributed by atoms with Gasteiger partial charge in [-0.05, 0) is 47.5 Å². The number of amides is 1. The number of carbonyl (C=O) groups excluding carboxylic acids is 1. The molecule has 3 rings (SSSR count). The van der Waals surface area contributed by atoms with Gasteiger partial charge in [0.2, 0.25) is 5.91 Å². The normalized spacial score (nSPS) is 12.3. The van der Waals surface area contributed by atoms with Crippen LogP contribution in [0.5, 0.6) is 0 Å². The van der Waals surface area contributed by atoms with Gasteiger partial charge in [0.05, 0.1) is 16.6 Å². The van der Waals surface area contributed by atoms with Crippen LogP contribution < -0.4 is 5.48 Å². The van der Waals surface area contributed by atoms with Crippen molar-refractivity contribution < 1.29 is 18.4 Å². The van der Waals surface area contributed by atoms with Gasteiger partial charge < -0.3 is 0 Å². The van der Waals surface area contributed by atoms with Crippen molar-refractivity contribution in [3.63, 3.8) is 0 Å².